The van der Waals surface area contributed by atoms with Crippen LogP contribution in [0.1, 0.15) is 37.3 Å². The van der Waals surface area contributed by atoms with E-state index in [1.165, 1.54) is 5.56 Å². The van der Waals surface area contributed by atoms with Crippen molar-refractivity contribution in [2.24, 2.45) is 0 Å². The molecule has 98 valence electrons. The van der Waals surface area contributed by atoms with Gasteiger partial charge in [-0.2, -0.15) is 0 Å². The molecule has 1 rings (SSSR count). The summed E-state index contributed by atoms with van der Waals surface area (Å²) in [6.07, 6.45) is 2.44. The molecule has 0 aliphatic rings. The lowest BCUT2D eigenvalue weighted by Crippen LogP contribution is -2.38. The van der Waals surface area contributed by atoms with Crippen molar-refractivity contribution in [3.05, 3.63) is 35.4 Å². The molecular weight excluding hydrogens is 244 g/mol. The van der Waals surface area contributed by atoms with Crippen molar-refractivity contribution in [3.63, 3.8) is 0 Å². The van der Waals surface area contributed by atoms with Crippen LogP contribution in [-0.4, -0.2) is 11.0 Å². The first-order valence-electron chi connectivity index (χ1n) is 6.25. The fraction of sp³-hybridized carbons (Fsp3) is 0.429. The Balaban J connectivity index is 2.28. The third-order valence-electron chi connectivity index (χ3n) is 2.58. The van der Waals surface area contributed by atoms with E-state index in [0.717, 1.165) is 18.4 Å². The first-order valence-corrected chi connectivity index (χ1v) is 6.66. The second-order valence-corrected chi connectivity index (χ2v) is 4.73. The van der Waals surface area contributed by atoms with E-state index >= 15 is 0 Å². The van der Waals surface area contributed by atoms with Gasteiger partial charge in [-0.3, -0.25) is 4.79 Å². The van der Waals surface area contributed by atoms with Crippen LogP contribution in [0, 0.1) is 6.92 Å². The van der Waals surface area contributed by atoms with Crippen molar-refractivity contribution in [2.75, 3.05) is 0 Å². The Morgan fingerprint density at radius 2 is 1.94 bits per heavy atom. The zero-order valence-electron chi connectivity index (χ0n) is 11.0. The van der Waals surface area contributed by atoms with Crippen molar-refractivity contribution in [3.8, 4) is 0 Å². The van der Waals surface area contributed by atoms with Gasteiger partial charge in [-0.15, -0.1) is 0 Å². The maximum atomic E-state index is 11.4. The number of unbranched alkanes of at least 4 members (excludes halogenated alkanes) is 1. The van der Waals surface area contributed by atoms with E-state index in [1.807, 2.05) is 12.1 Å². The summed E-state index contributed by atoms with van der Waals surface area (Å²) >= 11 is 5.06. The number of nitrogens with one attached hydrogen (secondary N) is 2. The van der Waals surface area contributed by atoms with Crippen molar-refractivity contribution in [1.82, 2.24) is 10.6 Å². The lowest BCUT2D eigenvalue weighted by Gasteiger charge is -2.09. The molecule has 0 saturated heterocycles. The summed E-state index contributed by atoms with van der Waals surface area (Å²) in [6.45, 7) is 4.74. The van der Waals surface area contributed by atoms with Gasteiger partial charge in [-0.05, 0) is 31.1 Å². The Hall–Kier alpha value is -1.42. The second-order valence-electron chi connectivity index (χ2n) is 4.32. The van der Waals surface area contributed by atoms with Crippen molar-refractivity contribution >= 4 is 23.2 Å². The van der Waals surface area contributed by atoms with Gasteiger partial charge >= 0.3 is 0 Å². The number of rotatable bonds is 5. The monoisotopic (exact) mass is 264 g/mol. The molecular formula is C14H20N2OS. The van der Waals surface area contributed by atoms with E-state index in [0.29, 0.717) is 18.1 Å². The minimum absolute atomic E-state index is 0.0155. The fourth-order valence-electron chi connectivity index (χ4n) is 1.46. The van der Waals surface area contributed by atoms with Crippen LogP contribution in [0.5, 0.6) is 0 Å². The summed E-state index contributed by atoms with van der Waals surface area (Å²) in [6, 6.07) is 8.20. The van der Waals surface area contributed by atoms with Crippen molar-refractivity contribution in [1.29, 1.82) is 0 Å². The van der Waals surface area contributed by atoms with Crippen LogP contribution in [0.15, 0.2) is 24.3 Å². The van der Waals surface area contributed by atoms with Gasteiger partial charge in [-0.1, -0.05) is 43.2 Å². The van der Waals surface area contributed by atoms with E-state index in [2.05, 4.69) is 36.6 Å². The maximum Gasteiger partial charge on any atom is 0.226 e. The number of thiocarbonyl (C=S) groups is 1. The number of hydrogen-bond donors (Lipinski definition) is 2. The van der Waals surface area contributed by atoms with Crippen LogP contribution >= 0.6 is 12.2 Å². The highest BCUT2D eigenvalue weighted by molar-refractivity contribution is 7.80. The number of hydrogen-bond acceptors (Lipinski definition) is 2. The van der Waals surface area contributed by atoms with E-state index in [1.54, 1.807) is 0 Å². The molecule has 18 heavy (non-hydrogen) atoms. The topological polar surface area (TPSA) is 41.1 Å². The normalized spacial score (nSPS) is 9.89. The zero-order chi connectivity index (χ0) is 13.4. The minimum Gasteiger partial charge on any atom is -0.358 e. The van der Waals surface area contributed by atoms with E-state index in [4.69, 9.17) is 12.2 Å². The molecule has 0 aliphatic heterocycles. The van der Waals surface area contributed by atoms with Gasteiger partial charge in [0.25, 0.3) is 0 Å². The Kier molecular flexibility index (Phi) is 6.36. The van der Waals surface area contributed by atoms with Crippen LogP contribution in [0.25, 0.3) is 0 Å². The van der Waals surface area contributed by atoms with Crippen LogP contribution in [0.2, 0.25) is 0 Å². The summed E-state index contributed by atoms with van der Waals surface area (Å²) in [7, 11) is 0. The molecule has 0 saturated carbocycles. The first-order chi connectivity index (χ1) is 8.61. The summed E-state index contributed by atoms with van der Waals surface area (Å²) in [5.74, 6) is -0.0155. The van der Waals surface area contributed by atoms with Crippen LogP contribution in [0.4, 0.5) is 0 Å². The zero-order valence-corrected chi connectivity index (χ0v) is 11.8. The molecule has 0 unspecified atom stereocenters. The number of aryl methyl sites for hydroxylation is 1. The number of carbonyl (C=O) groups is 1. The summed E-state index contributed by atoms with van der Waals surface area (Å²) in [4.78, 5) is 11.4. The van der Waals surface area contributed by atoms with Crippen molar-refractivity contribution in [2.45, 2.75) is 39.7 Å². The predicted molar refractivity (Wildman–Crippen MR) is 78.3 cm³/mol. The first kappa shape index (κ1) is 14.6. The van der Waals surface area contributed by atoms with Gasteiger partial charge in [0.2, 0.25) is 5.91 Å². The molecule has 3 nitrogen and oxygen atoms in total. The Bertz CT molecular complexity index is 401. The van der Waals surface area contributed by atoms with Gasteiger partial charge in [0.05, 0.1) is 0 Å². The summed E-state index contributed by atoms with van der Waals surface area (Å²) in [5.41, 5.74) is 2.37. The second kappa shape index (κ2) is 7.82. The Morgan fingerprint density at radius 3 is 2.56 bits per heavy atom. The maximum absolute atomic E-state index is 11.4. The largest absolute Gasteiger partial charge is 0.358 e. The Labute approximate surface area is 114 Å². The smallest absolute Gasteiger partial charge is 0.226 e. The molecule has 0 aliphatic carbocycles. The highest BCUT2D eigenvalue weighted by Crippen LogP contribution is 2.02. The van der Waals surface area contributed by atoms with Crippen LogP contribution in [0.3, 0.4) is 0 Å². The molecule has 0 radical (unpaired) electrons. The average Bonchev–Trinajstić information content (AvgIpc) is 2.35. The fourth-order valence-corrected chi connectivity index (χ4v) is 1.64. The molecule has 4 heteroatoms. The standard InChI is InChI=1S/C14H20N2OS/c1-3-4-5-13(17)16-14(18)15-10-12-8-6-11(2)7-9-12/h6-9H,3-5,10H2,1-2H3,(H2,15,16,17,18). The lowest BCUT2D eigenvalue weighted by atomic mass is 10.1. The minimum atomic E-state index is -0.0155. The number of amides is 1. The summed E-state index contributed by atoms with van der Waals surface area (Å²) < 4.78 is 0. The van der Waals surface area contributed by atoms with Crippen LogP contribution < -0.4 is 10.6 Å². The van der Waals surface area contributed by atoms with Crippen molar-refractivity contribution < 1.29 is 4.79 Å². The molecule has 0 fully saturated rings. The van der Waals surface area contributed by atoms with E-state index in [-0.39, 0.29) is 5.91 Å². The molecule has 1 aromatic rings. The van der Waals surface area contributed by atoms with E-state index < -0.39 is 0 Å². The number of benzene rings is 1. The summed E-state index contributed by atoms with van der Waals surface area (Å²) in [5, 5.41) is 6.10. The van der Waals surface area contributed by atoms with Crippen LogP contribution in [-0.2, 0) is 11.3 Å². The van der Waals surface area contributed by atoms with Gasteiger partial charge in [0, 0.05) is 13.0 Å². The van der Waals surface area contributed by atoms with Gasteiger partial charge in [0.1, 0.15) is 0 Å². The average molecular weight is 264 g/mol. The molecule has 0 spiro atoms. The lowest BCUT2D eigenvalue weighted by molar-refractivity contribution is -0.119. The third-order valence-corrected chi connectivity index (χ3v) is 2.83. The quantitative estimate of drug-likeness (QED) is 0.803. The molecule has 1 aromatic carbocycles. The van der Waals surface area contributed by atoms with Gasteiger partial charge < -0.3 is 10.6 Å². The van der Waals surface area contributed by atoms with Gasteiger partial charge in [0.15, 0.2) is 5.11 Å². The third kappa shape index (κ3) is 5.77. The molecule has 0 heterocycles. The SMILES string of the molecule is CCCCC(=O)NC(=S)NCc1ccc(C)cc1. The molecule has 0 atom stereocenters. The molecule has 0 bridgehead atoms. The Morgan fingerprint density at radius 1 is 1.28 bits per heavy atom. The van der Waals surface area contributed by atoms with Gasteiger partial charge in [-0.25, -0.2) is 0 Å². The molecule has 2 N–H and O–H groups in total. The highest BCUT2D eigenvalue weighted by Gasteiger charge is 2.03. The van der Waals surface area contributed by atoms with E-state index in [9.17, 15) is 4.79 Å². The molecule has 0 aromatic heterocycles. The molecule has 1 amide bonds. The number of carbonyl (C=O) groups excluding carboxylic acids is 1. The predicted octanol–water partition coefficient (Wildman–Crippen LogP) is 2.68. The highest BCUT2D eigenvalue weighted by atomic mass is 32.1.